The van der Waals surface area contributed by atoms with Gasteiger partial charge in [0.2, 0.25) is 5.91 Å². The van der Waals surface area contributed by atoms with Crippen LogP contribution in [-0.2, 0) is 23.9 Å². The van der Waals surface area contributed by atoms with Crippen molar-refractivity contribution < 1.29 is 28.6 Å². The van der Waals surface area contributed by atoms with Crippen LogP contribution in [0.3, 0.4) is 0 Å². The summed E-state index contributed by atoms with van der Waals surface area (Å²) in [5, 5.41) is 2.90. The SMILES string of the molecule is CCOC(=O)CC(NC(=O)CCCC(=O)OC1CCC(C(C)(C)C)CC1)c1ccc(OC)cc1. The van der Waals surface area contributed by atoms with E-state index in [0.29, 0.717) is 23.5 Å². The molecule has 0 heterocycles. The molecular weight excluding hydrogens is 434 g/mol. The van der Waals surface area contributed by atoms with Gasteiger partial charge >= 0.3 is 11.9 Å². The van der Waals surface area contributed by atoms with Crippen molar-refractivity contribution in [1.29, 1.82) is 0 Å². The zero-order chi connectivity index (χ0) is 25.1. The molecule has 1 aliphatic carbocycles. The standard InChI is InChI=1S/C27H41NO6/c1-6-33-26(31)18-23(19-10-14-21(32-5)15-11-19)28-24(29)8-7-9-25(30)34-22-16-12-20(13-17-22)27(2,3)4/h10-11,14-15,20,22-23H,6-9,12-13,16-18H2,1-5H3,(H,28,29). The summed E-state index contributed by atoms with van der Waals surface area (Å²) in [6, 6.07) is 6.68. The van der Waals surface area contributed by atoms with Crippen LogP contribution in [0.15, 0.2) is 24.3 Å². The number of rotatable bonds is 11. The molecule has 34 heavy (non-hydrogen) atoms. The number of carbonyl (C=O) groups is 3. The number of hydrogen-bond donors (Lipinski definition) is 1. The number of methoxy groups -OCH3 is 1. The lowest BCUT2D eigenvalue weighted by Crippen LogP contribution is -2.31. The van der Waals surface area contributed by atoms with Crippen molar-refractivity contribution in [3.05, 3.63) is 29.8 Å². The Morgan fingerprint density at radius 1 is 1.00 bits per heavy atom. The normalized spacial score (nSPS) is 19.1. The van der Waals surface area contributed by atoms with Gasteiger partial charge in [0.1, 0.15) is 11.9 Å². The van der Waals surface area contributed by atoms with E-state index in [0.717, 1.165) is 31.2 Å². The molecule has 1 saturated carbocycles. The zero-order valence-corrected chi connectivity index (χ0v) is 21.4. The second-order valence-corrected chi connectivity index (χ2v) is 10.1. The molecular formula is C27H41NO6. The van der Waals surface area contributed by atoms with E-state index in [9.17, 15) is 14.4 Å². The molecule has 7 nitrogen and oxygen atoms in total. The Hall–Kier alpha value is -2.57. The fourth-order valence-corrected chi connectivity index (χ4v) is 4.43. The smallest absolute Gasteiger partial charge is 0.308 e. The second-order valence-electron chi connectivity index (χ2n) is 10.1. The monoisotopic (exact) mass is 475 g/mol. The van der Waals surface area contributed by atoms with Crippen molar-refractivity contribution in [1.82, 2.24) is 5.32 Å². The molecule has 1 amide bonds. The maximum Gasteiger partial charge on any atom is 0.308 e. The predicted octanol–water partition coefficient (Wildman–Crippen LogP) is 5.12. The highest BCUT2D eigenvalue weighted by molar-refractivity contribution is 5.79. The number of amides is 1. The van der Waals surface area contributed by atoms with Gasteiger partial charge in [0.25, 0.3) is 0 Å². The van der Waals surface area contributed by atoms with Crippen LogP contribution < -0.4 is 10.1 Å². The van der Waals surface area contributed by atoms with Crippen LogP contribution in [0.1, 0.15) is 90.7 Å². The van der Waals surface area contributed by atoms with Crippen LogP contribution in [-0.4, -0.2) is 37.7 Å². The first-order chi connectivity index (χ1) is 16.1. The molecule has 1 fully saturated rings. The van der Waals surface area contributed by atoms with E-state index in [1.54, 1.807) is 26.2 Å². The summed E-state index contributed by atoms with van der Waals surface area (Å²) < 4.78 is 15.9. The van der Waals surface area contributed by atoms with Crippen molar-refractivity contribution in [3.63, 3.8) is 0 Å². The van der Waals surface area contributed by atoms with Crippen molar-refractivity contribution in [2.24, 2.45) is 11.3 Å². The van der Waals surface area contributed by atoms with Crippen molar-refractivity contribution >= 4 is 17.8 Å². The van der Waals surface area contributed by atoms with Crippen LogP contribution in [0.4, 0.5) is 0 Å². The van der Waals surface area contributed by atoms with Gasteiger partial charge in [-0.3, -0.25) is 14.4 Å². The molecule has 1 atom stereocenters. The third kappa shape index (κ3) is 9.35. The summed E-state index contributed by atoms with van der Waals surface area (Å²) in [5.41, 5.74) is 1.08. The first-order valence-electron chi connectivity index (χ1n) is 12.4. The van der Waals surface area contributed by atoms with Gasteiger partial charge in [-0.15, -0.1) is 0 Å². The van der Waals surface area contributed by atoms with Gasteiger partial charge in [0, 0.05) is 12.8 Å². The van der Waals surface area contributed by atoms with Crippen LogP contribution in [0, 0.1) is 11.3 Å². The molecule has 1 aromatic carbocycles. The molecule has 0 saturated heterocycles. The van der Waals surface area contributed by atoms with Crippen molar-refractivity contribution in [3.8, 4) is 5.75 Å². The average molecular weight is 476 g/mol. The van der Waals surface area contributed by atoms with E-state index in [-0.39, 0.29) is 49.8 Å². The van der Waals surface area contributed by atoms with Gasteiger partial charge in [-0.2, -0.15) is 0 Å². The minimum atomic E-state index is -0.512. The quantitative estimate of drug-likeness (QED) is 0.447. The van der Waals surface area contributed by atoms with Gasteiger partial charge in [-0.25, -0.2) is 0 Å². The fraction of sp³-hybridized carbons (Fsp3) is 0.667. The molecule has 1 unspecified atom stereocenters. The van der Waals surface area contributed by atoms with E-state index in [2.05, 4.69) is 26.1 Å². The maximum absolute atomic E-state index is 12.6. The first-order valence-corrected chi connectivity index (χ1v) is 12.4. The van der Waals surface area contributed by atoms with Crippen molar-refractivity contribution in [2.75, 3.05) is 13.7 Å². The Labute approximate surface area is 203 Å². The van der Waals surface area contributed by atoms with E-state index in [1.165, 1.54) is 0 Å². The first kappa shape index (κ1) is 27.7. The lowest BCUT2D eigenvalue weighted by Gasteiger charge is -2.36. The second kappa shape index (κ2) is 13.4. The van der Waals surface area contributed by atoms with Gasteiger partial charge in [0.15, 0.2) is 0 Å². The summed E-state index contributed by atoms with van der Waals surface area (Å²) in [6.45, 7) is 8.82. The van der Waals surface area contributed by atoms with Crippen molar-refractivity contribution in [2.45, 2.75) is 91.2 Å². The highest BCUT2D eigenvalue weighted by atomic mass is 16.5. The van der Waals surface area contributed by atoms with Gasteiger partial charge in [-0.1, -0.05) is 32.9 Å². The van der Waals surface area contributed by atoms with Crippen LogP contribution in [0.5, 0.6) is 5.75 Å². The largest absolute Gasteiger partial charge is 0.497 e. The number of benzene rings is 1. The van der Waals surface area contributed by atoms with E-state index >= 15 is 0 Å². The molecule has 0 radical (unpaired) electrons. The Morgan fingerprint density at radius 3 is 2.21 bits per heavy atom. The molecule has 0 aromatic heterocycles. The van der Waals surface area contributed by atoms with E-state index in [4.69, 9.17) is 14.2 Å². The van der Waals surface area contributed by atoms with E-state index in [1.807, 2.05) is 12.1 Å². The predicted molar refractivity (Wildman–Crippen MR) is 130 cm³/mol. The summed E-state index contributed by atoms with van der Waals surface area (Å²) in [4.78, 5) is 36.9. The summed E-state index contributed by atoms with van der Waals surface area (Å²) in [7, 11) is 1.58. The van der Waals surface area contributed by atoms with Crippen LogP contribution in [0.25, 0.3) is 0 Å². The number of nitrogens with one attached hydrogen (secondary N) is 1. The number of carbonyl (C=O) groups excluding carboxylic acids is 3. The number of ether oxygens (including phenoxy) is 3. The van der Waals surface area contributed by atoms with Gasteiger partial charge in [0.05, 0.1) is 26.2 Å². The molecule has 190 valence electrons. The third-order valence-corrected chi connectivity index (χ3v) is 6.51. The lowest BCUT2D eigenvalue weighted by molar-refractivity contribution is -0.151. The minimum absolute atomic E-state index is 0.0102. The maximum atomic E-state index is 12.6. The van der Waals surface area contributed by atoms with Gasteiger partial charge in [-0.05, 0) is 68.1 Å². The molecule has 1 aromatic rings. The van der Waals surface area contributed by atoms with E-state index < -0.39 is 6.04 Å². The highest BCUT2D eigenvalue weighted by Crippen LogP contribution is 2.38. The topological polar surface area (TPSA) is 90.9 Å². The summed E-state index contributed by atoms with van der Waals surface area (Å²) in [6.07, 6.45) is 4.79. The average Bonchev–Trinajstić information content (AvgIpc) is 2.78. The zero-order valence-electron chi connectivity index (χ0n) is 21.4. The summed E-state index contributed by atoms with van der Waals surface area (Å²) >= 11 is 0. The Morgan fingerprint density at radius 2 is 1.65 bits per heavy atom. The molecule has 1 aliphatic rings. The number of hydrogen-bond acceptors (Lipinski definition) is 6. The molecule has 0 aliphatic heterocycles. The lowest BCUT2D eigenvalue weighted by atomic mass is 9.72. The summed E-state index contributed by atoms with van der Waals surface area (Å²) in [5.74, 6) is 0.511. The molecule has 0 spiro atoms. The molecule has 7 heteroatoms. The molecule has 0 bridgehead atoms. The Kier molecular flexibility index (Phi) is 10.9. The van der Waals surface area contributed by atoms with Gasteiger partial charge < -0.3 is 19.5 Å². The Balaban J connectivity index is 1.79. The van der Waals surface area contributed by atoms with Crippen LogP contribution >= 0.6 is 0 Å². The molecule has 2 rings (SSSR count). The van der Waals surface area contributed by atoms with Crippen LogP contribution in [0.2, 0.25) is 0 Å². The Bertz CT molecular complexity index is 790. The number of esters is 2. The molecule has 1 N–H and O–H groups in total. The third-order valence-electron chi connectivity index (χ3n) is 6.51. The fourth-order valence-electron chi connectivity index (χ4n) is 4.43. The highest BCUT2D eigenvalue weighted by Gasteiger charge is 2.31. The minimum Gasteiger partial charge on any atom is -0.497 e.